The Kier molecular flexibility index (Phi) is 6.19. The Morgan fingerprint density at radius 2 is 1.65 bits per heavy atom. The lowest BCUT2D eigenvalue weighted by molar-refractivity contribution is -0.286. The van der Waals surface area contributed by atoms with Gasteiger partial charge in [0.1, 0.15) is 11.6 Å². The van der Waals surface area contributed by atoms with Crippen LogP contribution in [0.2, 0.25) is 0 Å². The molecule has 0 saturated heterocycles. The molecule has 2 heterocycles. The van der Waals surface area contributed by atoms with Crippen LogP contribution in [0.5, 0.6) is 11.5 Å². The number of nitrogens with zero attached hydrogens (tertiary/aromatic N) is 1. The van der Waals surface area contributed by atoms with Crippen molar-refractivity contribution in [3.63, 3.8) is 0 Å². The number of aryl methyl sites for hydroxylation is 2. The van der Waals surface area contributed by atoms with Gasteiger partial charge in [-0.2, -0.15) is 0 Å². The third kappa shape index (κ3) is 4.79. The zero-order valence-corrected chi connectivity index (χ0v) is 17.4. The van der Waals surface area contributed by atoms with Crippen LogP contribution in [0.25, 0.3) is 11.1 Å². The molecule has 4 rings (SSSR count). The highest BCUT2D eigenvalue weighted by Gasteiger charge is 2.43. The molecule has 1 aromatic heterocycles. The molecule has 2 aromatic carbocycles. The summed E-state index contributed by atoms with van der Waals surface area (Å²) >= 11 is 0. The fraction of sp³-hybridized carbons (Fsp3) is 0.217. The molecule has 3 aromatic rings. The minimum atomic E-state index is -3.69. The molecule has 0 saturated carbocycles. The van der Waals surface area contributed by atoms with Gasteiger partial charge in [-0.3, -0.25) is 4.79 Å². The number of aromatic nitrogens is 1. The number of amides is 1. The number of hydrogen-bond acceptors (Lipinski definition) is 4. The number of halogens is 3. The second-order valence-electron chi connectivity index (χ2n) is 6.63. The number of rotatable bonds is 3. The molecule has 0 radical (unpaired) electrons. The van der Waals surface area contributed by atoms with Gasteiger partial charge in [0.15, 0.2) is 11.5 Å². The predicted molar refractivity (Wildman–Crippen MR) is 111 cm³/mol. The number of alkyl halides is 2. The molecule has 8 heteroatoms. The summed E-state index contributed by atoms with van der Waals surface area (Å²) in [6.45, 7) is 7.45. The number of ether oxygens (including phenoxy) is 2. The standard InChI is InChI=1S/C21H15F3N2O3.C2H6/c1-11-3-5-14(22)8-16(11)20(27)26-19-6-4-13(10-25-19)15-9-18-17(7-12(15)2)28-21(23,24)29-18;1-2/h3-10H,1-2H3,(H,25,26,27);1-2H3. The molecular formula is C23H21F3N2O3. The zero-order valence-electron chi connectivity index (χ0n) is 17.4. The highest BCUT2D eigenvalue weighted by molar-refractivity contribution is 6.04. The van der Waals surface area contributed by atoms with Crippen LogP contribution in [0, 0.1) is 19.7 Å². The smallest absolute Gasteiger partial charge is 0.395 e. The topological polar surface area (TPSA) is 60.5 Å². The number of pyridine rings is 1. The summed E-state index contributed by atoms with van der Waals surface area (Å²) < 4.78 is 48.8. The van der Waals surface area contributed by atoms with E-state index in [9.17, 15) is 18.0 Å². The van der Waals surface area contributed by atoms with Crippen LogP contribution in [0.4, 0.5) is 19.0 Å². The van der Waals surface area contributed by atoms with Gasteiger partial charge in [0, 0.05) is 17.3 Å². The lowest BCUT2D eigenvalue weighted by Gasteiger charge is -2.10. The van der Waals surface area contributed by atoms with Gasteiger partial charge >= 0.3 is 6.29 Å². The van der Waals surface area contributed by atoms with E-state index in [1.165, 1.54) is 30.5 Å². The van der Waals surface area contributed by atoms with Crippen molar-refractivity contribution in [1.82, 2.24) is 4.98 Å². The van der Waals surface area contributed by atoms with Crippen LogP contribution < -0.4 is 14.8 Å². The highest BCUT2D eigenvalue weighted by Crippen LogP contribution is 2.44. The van der Waals surface area contributed by atoms with E-state index in [-0.39, 0.29) is 22.9 Å². The second kappa shape index (κ2) is 8.67. The molecule has 0 bridgehead atoms. The first kappa shape index (κ1) is 22.1. The number of carbonyl (C=O) groups excluding carboxylic acids is 1. The van der Waals surface area contributed by atoms with Crippen molar-refractivity contribution in [1.29, 1.82) is 0 Å². The first-order valence-electron chi connectivity index (χ1n) is 9.66. The van der Waals surface area contributed by atoms with E-state index in [4.69, 9.17) is 0 Å². The molecule has 162 valence electrons. The normalized spacial score (nSPS) is 13.3. The molecule has 0 aliphatic carbocycles. The SMILES string of the molecule is CC.Cc1ccc(F)cc1C(=O)Nc1ccc(-c2cc3c(cc2C)OC(F)(F)O3)cn1. The average molecular weight is 430 g/mol. The van der Waals surface area contributed by atoms with Gasteiger partial charge < -0.3 is 14.8 Å². The molecule has 0 unspecified atom stereocenters. The monoisotopic (exact) mass is 430 g/mol. The van der Waals surface area contributed by atoms with Crippen molar-refractivity contribution in [3.8, 4) is 22.6 Å². The van der Waals surface area contributed by atoms with Crippen LogP contribution in [0.15, 0.2) is 48.7 Å². The largest absolute Gasteiger partial charge is 0.586 e. The first-order chi connectivity index (χ1) is 14.7. The highest BCUT2D eigenvalue weighted by atomic mass is 19.3. The lowest BCUT2D eigenvalue weighted by atomic mass is 10.0. The van der Waals surface area contributed by atoms with Crippen LogP contribution in [0.3, 0.4) is 0 Å². The molecule has 31 heavy (non-hydrogen) atoms. The van der Waals surface area contributed by atoms with Crippen molar-refractivity contribution >= 4 is 11.7 Å². The molecule has 1 N–H and O–H groups in total. The van der Waals surface area contributed by atoms with Crippen molar-refractivity contribution in [2.24, 2.45) is 0 Å². The molecule has 1 aliphatic rings. The Hall–Kier alpha value is -3.55. The lowest BCUT2D eigenvalue weighted by Crippen LogP contribution is -2.25. The fourth-order valence-corrected chi connectivity index (χ4v) is 3.06. The summed E-state index contributed by atoms with van der Waals surface area (Å²) in [6.07, 6.45) is -2.19. The maximum atomic E-state index is 13.4. The maximum absolute atomic E-state index is 13.4. The van der Waals surface area contributed by atoms with E-state index in [0.717, 1.165) is 6.07 Å². The minimum absolute atomic E-state index is 0.0291. The molecule has 0 atom stereocenters. The summed E-state index contributed by atoms with van der Waals surface area (Å²) in [6, 6.07) is 10.1. The molecular weight excluding hydrogens is 409 g/mol. The van der Waals surface area contributed by atoms with E-state index >= 15 is 0 Å². The summed E-state index contributed by atoms with van der Waals surface area (Å²) in [7, 11) is 0. The van der Waals surface area contributed by atoms with Crippen LogP contribution in [0.1, 0.15) is 35.3 Å². The van der Waals surface area contributed by atoms with E-state index < -0.39 is 18.0 Å². The number of fused-ring (bicyclic) bond motifs is 1. The van der Waals surface area contributed by atoms with Gasteiger partial charge in [-0.1, -0.05) is 19.9 Å². The van der Waals surface area contributed by atoms with E-state index in [1.807, 2.05) is 13.8 Å². The number of anilines is 1. The molecule has 1 aliphatic heterocycles. The number of carbonyl (C=O) groups is 1. The summed E-state index contributed by atoms with van der Waals surface area (Å²) in [5, 5.41) is 2.61. The Morgan fingerprint density at radius 1 is 0.968 bits per heavy atom. The van der Waals surface area contributed by atoms with E-state index in [0.29, 0.717) is 22.3 Å². The number of benzene rings is 2. The average Bonchev–Trinajstić information content (AvgIpc) is 3.04. The van der Waals surface area contributed by atoms with E-state index in [1.54, 1.807) is 26.0 Å². The second-order valence-corrected chi connectivity index (χ2v) is 6.63. The predicted octanol–water partition coefficient (Wildman–Crippen LogP) is 6.10. The van der Waals surface area contributed by atoms with Gasteiger partial charge in [0.2, 0.25) is 0 Å². The molecule has 5 nitrogen and oxygen atoms in total. The minimum Gasteiger partial charge on any atom is -0.395 e. The van der Waals surface area contributed by atoms with Crippen LogP contribution in [-0.2, 0) is 0 Å². The van der Waals surface area contributed by atoms with Gasteiger partial charge in [-0.05, 0) is 66.9 Å². The van der Waals surface area contributed by atoms with Crippen molar-refractivity contribution in [2.45, 2.75) is 34.0 Å². The van der Waals surface area contributed by atoms with Gasteiger partial charge in [-0.25, -0.2) is 9.37 Å². The Bertz CT molecular complexity index is 1120. The van der Waals surface area contributed by atoms with Crippen molar-refractivity contribution < 1.29 is 27.4 Å². The number of hydrogen-bond donors (Lipinski definition) is 1. The third-order valence-corrected chi connectivity index (χ3v) is 4.51. The third-order valence-electron chi connectivity index (χ3n) is 4.51. The Morgan fingerprint density at radius 3 is 2.29 bits per heavy atom. The zero-order chi connectivity index (χ0) is 22.8. The van der Waals surface area contributed by atoms with Crippen molar-refractivity contribution in [3.05, 3.63) is 71.2 Å². The molecule has 0 fully saturated rings. The first-order valence-corrected chi connectivity index (χ1v) is 9.66. The summed E-state index contributed by atoms with van der Waals surface area (Å²) in [5.41, 5.74) is 2.82. The van der Waals surface area contributed by atoms with Gasteiger partial charge in [-0.15, -0.1) is 8.78 Å². The summed E-state index contributed by atoms with van der Waals surface area (Å²) in [5.74, 6) is -0.808. The fourth-order valence-electron chi connectivity index (χ4n) is 3.06. The van der Waals surface area contributed by atoms with Crippen LogP contribution in [-0.4, -0.2) is 17.2 Å². The van der Waals surface area contributed by atoms with Gasteiger partial charge in [0.25, 0.3) is 5.91 Å². The Balaban J connectivity index is 0.00000132. The quantitative estimate of drug-likeness (QED) is 0.545. The van der Waals surface area contributed by atoms with Crippen molar-refractivity contribution in [2.75, 3.05) is 5.32 Å². The molecule has 1 amide bonds. The summed E-state index contributed by atoms with van der Waals surface area (Å²) in [4.78, 5) is 16.6. The van der Waals surface area contributed by atoms with Crippen LogP contribution >= 0.6 is 0 Å². The number of nitrogens with one attached hydrogen (secondary N) is 1. The maximum Gasteiger partial charge on any atom is 0.586 e. The Labute approximate surface area is 177 Å². The molecule has 0 spiro atoms. The van der Waals surface area contributed by atoms with Gasteiger partial charge in [0.05, 0.1) is 0 Å². The van der Waals surface area contributed by atoms with E-state index in [2.05, 4.69) is 19.8 Å².